The number of allylic oxidation sites excluding steroid dienone is 2. The summed E-state index contributed by atoms with van der Waals surface area (Å²) in [6.07, 6.45) is 5.34. The lowest BCUT2D eigenvalue weighted by atomic mass is 9.84. The fourth-order valence-corrected chi connectivity index (χ4v) is 1.82. The number of alkyl halides is 2. The number of ether oxygens (including phenoxy) is 1. The van der Waals surface area contributed by atoms with E-state index in [1.165, 1.54) is 0 Å². The summed E-state index contributed by atoms with van der Waals surface area (Å²) in [5, 5.41) is 0. The van der Waals surface area contributed by atoms with Gasteiger partial charge in [0, 0.05) is 12.0 Å². The molecule has 1 aliphatic heterocycles. The quantitative estimate of drug-likeness (QED) is 0.667. The van der Waals surface area contributed by atoms with Crippen molar-refractivity contribution in [3.8, 4) is 0 Å². The zero-order valence-electron chi connectivity index (χ0n) is 11.4. The summed E-state index contributed by atoms with van der Waals surface area (Å²) in [4.78, 5) is 0. The Morgan fingerprint density at radius 3 is 2.41 bits per heavy atom. The van der Waals surface area contributed by atoms with Crippen molar-refractivity contribution in [3.05, 3.63) is 12.2 Å². The van der Waals surface area contributed by atoms with Crippen molar-refractivity contribution in [3.63, 3.8) is 0 Å². The highest BCUT2D eigenvalue weighted by atomic mass is 19.3. The van der Waals surface area contributed by atoms with Crippen molar-refractivity contribution >= 4 is 0 Å². The Bertz CT molecular complexity index is 270. The van der Waals surface area contributed by atoms with Gasteiger partial charge in [0.05, 0.1) is 6.61 Å². The van der Waals surface area contributed by atoms with E-state index in [9.17, 15) is 8.78 Å². The summed E-state index contributed by atoms with van der Waals surface area (Å²) in [5.74, 6) is -2.74. The molecule has 0 radical (unpaired) electrons. The van der Waals surface area contributed by atoms with Gasteiger partial charge in [0.2, 0.25) is 0 Å². The fourth-order valence-electron chi connectivity index (χ4n) is 1.82. The first-order valence-corrected chi connectivity index (χ1v) is 6.30. The molecule has 0 amide bonds. The molecule has 0 spiro atoms. The van der Waals surface area contributed by atoms with Gasteiger partial charge in [-0.05, 0) is 30.8 Å². The first kappa shape index (κ1) is 14.6. The second kappa shape index (κ2) is 5.05. The van der Waals surface area contributed by atoms with Crippen molar-refractivity contribution < 1.29 is 13.5 Å². The number of hydrogen-bond acceptors (Lipinski definition) is 1. The Hall–Kier alpha value is -0.440. The van der Waals surface area contributed by atoms with Crippen LogP contribution in [0, 0.1) is 10.8 Å². The van der Waals surface area contributed by atoms with E-state index in [0.29, 0.717) is 6.42 Å². The van der Waals surface area contributed by atoms with Gasteiger partial charge in [0.1, 0.15) is 0 Å². The zero-order chi connectivity index (χ0) is 13.2. The zero-order valence-corrected chi connectivity index (χ0v) is 11.4. The molecule has 1 nitrogen and oxygen atoms in total. The standard InChI is InChI=1S/C14H24F2O/c1-12(2,3)14(15,16)8-6-5-7-13(4)9-10-17-11-13/h6,8H,5,7,9-11H2,1-4H3/b8-6+. The largest absolute Gasteiger partial charge is 0.381 e. The topological polar surface area (TPSA) is 9.23 Å². The molecule has 1 rings (SSSR count). The van der Waals surface area contributed by atoms with Crippen LogP contribution < -0.4 is 0 Å². The molecule has 0 saturated carbocycles. The number of halogens is 2. The third-order valence-electron chi connectivity index (χ3n) is 3.54. The van der Waals surface area contributed by atoms with Crippen LogP contribution in [0.4, 0.5) is 8.78 Å². The third-order valence-corrected chi connectivity index (χ3v) is 3.54. The average molecular weight is 246 g/mol. The summed E-state index contributed by atoms with van der Waals surface area (Å²) < 4.78 is 32.6. The minimum Gasteiger partial charge on any atom is -0.381 e. The van der Waals surface area contributed by atoms with Gasteiger partial charge in [0.15, 0.2) is 0 Å². The highest BCUT2D eigenvalue weighted by Crippen LogP contribution is 2.37. The molecule has 17 heavy (non-hydrogen) atoms. The van der Waals surface area contributed by atoms with Crippen LogP contribution >= 0.6 is 0 Å². The Kier molecular flexibility index (Phi) is 4.34. The van der Waals surface area contributed by atoms with E-state index in [0.717, 1.165) is 32.1 Å². The van der Waals surface area contributed by atoms with Crippen LogP contribution in [0.3, 0.4) is 0 Å². The maximum Gasteiger partial charge on any atom is 0.271 e. The second-order valence-corrected chi connectivity index (χ2v) is 6.43. The van der Waals surface area contributed by atoms with E-state index in [4.69, 9.17) is 4.74 Å². The van der Waals surface area contributed by atoms with Gasteiger partial charge in [0.25, 0.3) is 5.92 Å². The number of rotatable bonds is 4. The van der Waals surface area contributed by atoms with E-state index in [2.05, 4.69) is 6.92 Å². The van der Waals surface area contributed by atoms with Crippen LogP contribution in [0.1, 0.15) is 47.0 Å². The van der Waals surface area contributed by atoms with Crippen LogP contribution in [0.25, 0.3) is 0 Å². The summed E-state index contributed by atoms with van der Waals surface area (Å²) in [5.41, 5.74) is -0.828. The molecular weight excluding hydrogens is 222 g/mol. The van der Waals surface area contributed by atoms with Gasteiger partial charge in [-0.1, -0.05) is 33.8 Å². The van der Waals surface area contributed by atoms with Crippen LogP contribution in [0.2, 0.25) is 0 Å². The predicted molar refractivity (Wildman–Crippen MR) is 66.3 cm³/mol. The van der Waals surface area contributed by atoms with Gasteiger partial charge in [-0.25, -0.2) is 8.78 Å². The Morgan fingerprint density at radius 2 is 1.94 bits per heavy atom. The summed E-state index contributed by atoms with van der Waals surface area (Å²) in [6.45, 7) is 8.40. The third kappa shape index (κ3) is 4.06. The molecule has 1 saturated heterocycles. The normalized spacial score (nSPS) is 26.9. The molecule has 100 valence electrons. The average Bonchev–Trinajstić information content (AvgIpc) is 2.59. The van der Waals surface area contributed by atoms with E-state index >= 15 is 0 Å². The number of hydrogen-bond donors (Lipinski definition) is 0. The lowest BCUT2D eigenvalue weighted by molar-refractivity contribution is -0.0502. The molecular formula is C14H24F2O. The molecule has 0 bridgehead atoms. The van der Waals surface area contributed by atoms with Crippen molar-refractivity contribution in [1.29, 1.82) is 0 Å². The van der Waals surface area contributed by atoms with Crippen LogP contribution in [0.5, 0.6) is 0 Å². The maximum atomic E-state index is 13.6. The van der Waals surface area contributed by atoms with E-state index in [1.54, 1.807) is 26.8 Å². The first-order chi connectivity index (χ1) is 7.66. The fraction of sp³-hybridized carbons (Fsp3) is 0.857. The van der Waals surface area contributed by atoms with Crippen molar-refractivity contribution in [2.75, 3.05) is 13.2 Å². The molecule has 1 atom stereocenters. The molecule has 1 fully saturated rings. The summed E-state index contributed by atoms with van der Waals surface area (Å²) in [6, 6.07) is 0. The molecule has 1 heterocycles. The minimum atomic E-state index is -2.74. The van der Waals surface area contributed by atoms with Gasteiger partial charge < -0.3 is 4.74 Å². The minimum absolute atomic E-state index is 0.182. The lowest BCUT2D eigenvalue weighted by Crippen LogP contribution is -2.31. The molecule has 1 aliphatic rings. The smallest absolute Gasteiger partial charge is 0.271 e. The highest BCUT2D eigenvalue weighted by Gasteiger charge is 2.40. The first-order valence-electron chi connectivity index (χ1n) is 6.30. The lowest BCUT2D eigenvalue weighted by Gasteiger charge is -2.27. The SMILES string of the molecule is CC1(CC/C=C/C(F)(F)C(C)(C)C)CCOC1. The molecule has 1 unspecified atom stereocenters. The molecule has 0 aromatic heterocycles. The van der Waals surface area contributed by atoms with Crippen molar-refractivity contribution in [1.82, 2.24) is 0 Å². The van der Waals surface area contributed by atoms with E-state index in [1.807, 2.05) is 0 Å². The predicted octanol–water partition coefficient (Wildman–Crippen LogP) is 4.43. The van der Waals surface area contributed by atoms with Crippen molar-refractivity contribution in [2.45, 2.75) is 52.9 Å². The molecule has 0 aromatic carbocycles. The van der Waals surface area contributed by atoms with Gasteiger partial charge in [-0.2, -0.15) is 0 Å². The maximum absolute atomic E-state index is 13.6. The highest BCUT2D eigenvalue weighted by molar-refractivity contribution is 5.01. The van der Waals surface area contributed by atoms with E-state index in [-0.39, 0.29) is 5.41 Å². The molecule has 0 N–H and O–H groups in total. The van der Waals surface area contributed by atoms with Crippen molar-refractivity contribution in [2.24, 2.45) is 10.8 Å². The Morgan fingerprint density at radius 1 is 1.29 bits per heavy atom. The van der Waals surface area contributed by atoms with Gasteiger partial charge in [-0.15, -0.1) is 0 Å². The summed E-state index contributed by atoms with van der Waals surface area (Å²) >= 11 is 0. The Balaban J connectivity index is 2.40. The van der Waals surface area contributed by atoms with E-state index < -0.39 is 11.3 Å². The van der Waals surface area contributed by atoms with Gasteiger partial charge >= 0.3 is 0 Å². The monoisotopic (exact) mass is 246 g/mol. The Labute approximate surface area is 103 Å². The summed E-state index contributed by atoms with van der Waals surface area (Å²) in [7, 11) is 0. The van der Waals surface area contributed by atoms with Gasteiger partial charge in [-0.3, -0.25) is 0 Å². The van der Waals surface area contributed by atoms with Crippen LogP contribution in [-0.2, 0) is 4.74 Å². The second-order valence-electron chi connectivity index (χ2n) is 6.43. The molecule has 3 heteroatoms. The van der Waals surface area contributed by atoms with Crippen LogP contribution in [-0.4, -0.2) is 19.1 Å². The molecule has 0 aliphatic carbocycles. The molecule has 0 aromatic rings. The van der Waals surface area contributed by atoms with Crippen LogP contribution in [0.15, 0.2) is 12.2 Å².